The van der Waals surface area contributed by atoms with Crippen molar-refractivity contribution in [1.82, 2.24) is 10.7 Å². The van der Waals surface area contributed by atoms with Crippen LogP contribution < -0.4 is 15.5 Å². The lowest BCUT2D eigenvalue weighted by atomic mass is 10.2. The first-order valence-electron chi connectivity index (χ1n) is 8.59. The predicted octanol–water partition coefficient (Wildman–Crippen LogP) is 2.77. The number of ether oxygens (including phenoxy) is 1. The molecule has 1 atom stereocenters. The van der Waals surface area contributed by atoms with Crippen LogP contribution in [-0.4, -0.2) is 24.1 Å². The lowest BCUT2D eigenvalue weighted by molar-refractivity contribution is -0.139. The van der Waals surface area contributed by atoms with Crippen molar-refractivity contribution in [1.29, 1.82) is 0 Å². The number of nitrogens with zero attached hydrogens (tertiary/aromatic N) is 1. The van der Waals surface area contributed by atoms with E-state index in [1.54, 1.807) is 42.5 Å². The molecule has 2 aromatic rings. The van der Waals surface area contributed by atoms with Gasteiger partial charge < -0.3 is 10.1 Å². The summed E-state index contributed by atoms with van der Waals surface area (Å²) in [5.74, 6) is -1.28. The standard InChI is InChI=1S/C20H22FN3O3/c1-3-14(2)23-19(25)20(26)24-22-12-15-8-10-17(11-9-15)27-13-16-6-4-5-7-18(16)21/h4-12,14H,3,13H2,1-2H3,(H,23,25)(H,24,26)/b22-12-/t14-/m1/s1. The molecule has 0 saturated heterocycles. The first-order chi connectivity index (χ1) is 13.0. The molecule has 0 unspecified atom stereocenters. The smallest absolute Gasteiger partial charge is 0.329 e. The maximum absolute atomic E-state index is 13.5. The monoisotopic (exact) mass is 371 g/mol. The van der Waals surface area contributed by atoms with Crippen LogP contribution in [0.5, 0.6) is 5.75 Å². The van der Waals surface area contributed by atoms with Crippen molar-refractivity contribution in [2.24, 2.45) is 5.10 Å². The van der Waals surface area contributed by atoms with Crippen LogP contribution >= 0.6 is 0 Å². The second-order valence-electron chi connectivity index (χ2n) is 5.93. The molecule has 0 aliphatic heterocycles. The van der Waals surface area contributed by atoms with Crippen LogP contribution in [0.3, 0.4) is 0 Å². The van der Waals surface area contributed by atoms with E-state index in [0.29, 0.717) is 16.9 Å². The molecule has 142 valence electrons. The lowest BCUT2D eigenvalue weighted by Gasteiger charge is -2.09. The van der Waals surface area contributed by atoms with Gasteiger partial charge >= 0.3 is 11.8 Å². The highest BCUT2D eigenvalue weighted by molar-refractivity contribution is 6.35. The Morgan fingerprint density at radius 3 is 2.52 bits per heavy atom. The molecule has 2 rings (SSSR count). The van der Waals surface area contributed by atoms with E-state index in [1.807, 2.05) is 13.8 Å². The summed E-state index contributed by atoms with van der Waals surface area (Å²) < 4.78 is 19.1. The summed E-state index contributed by atoms with van der Waals surface area (Å²) >= 11 is 0. The SMILES string of the molecule is CC[C@@H](C)NC(=O)C(=O)N/N=C\c1ccc(OCc2ccccc2F)cc1. The number of hydrazone groups is 1. The van der Waals surface area contributed by atoms with Crippen LogP contribution in [0.2, 0.25) is 0 Å². The number of hydrogen-bond donors (Lipinski definition) is 2. The zero-order valence-corrected chi connectivity index (χ0v) is 15.2. The van der Waals surface area contributed by atoms with Gasteiger partial charge in [0.15, 0.2) is 0 Å². The molecule has 2 amide bonds. The number of rotatable bonds is 7. The summed E-state index contributed by atoms with van der Waals surface area (Å²) in [4.78, 5) is 23.2. The van der Waals surface area contributed by atoms with Crippen molar-refractivity contribution in [2.75, 3.05) is 0 Å². The van der Waals surface area contributed by atoms with Crippen molar-refractivity contribution in [3.63, 3.8) is 0 Å². The fourth-order valence-electron chi connectivity index (χ4n) is 2.03. The van der Waals surface area contributed by atoms with Gasteiger partial charge in [0, 0.05) is 11.6 Å². The van der Waals surface area contributed by atoms with Crippen LogP contribution in [0.25, 0.3) is 0 Å². The molecular weight excluding hydrogens is 349 g/mol. The Balaban J connectivity index is 1.82. The fourth-order valence-corrected chi connectivity index (χ4v) is 2.03. The summed E-state index contributed by atoms with van der Waals surface area (Å²) in [6.07, 6.45) is 2.14. The highest BCUT2D eigenvalue weighted by Crippen LogP contribution is 2.15. The highest BCUT2D eigenvalue weighted by atomic mass is 19.1. The molecular formula is C20H22FN3O3. The third kappa shape index (κ3) is 6.54. The molecule has 0 bridgehead atoms. The molecule has 6 nitrogen and oxygen atoms in total. The van der Waals surface area contributed by atoms with Gasteiger partial charge in [-0.05, 0) is 49.2 Å². The third-order valence-corrected chi connectivity index (χ3v) is 3.81. The molecule has 0 fully saturated rings. The molecule has 0 aromatic heterocycles. The minimum absolute atomic E-state index is 0.0795. The van der Waals surface area contributed by atoms with Crippen molar-refractivity contribution >= 4 is 18.0 Å². The molecule has 2 N–H and O–H groups in total. The predicted molar refractivity (Wildman–Crippen MR) is 101 cm³/mol. The zero-order chi connectivity index (χ0) is 19.6. The average Bonchev–Trinajstić information content (AvgIpc) is 2.68. The molecule has 2 aromatic carbocycles. The molecule has 0 radical (unpaired) electrons. The van der Waals surface area contributed by atoms with Crippen molar-refractivity contribution in [2.45, 2.75) is 32.9 Å². The van der Waals surface area contributed by atoms with E-state index in [9.17, 15) is 14.0 Å². The Morgan fingerprint density at radius 2 is 1.85 bits per heavy atom. The van der Waals surface area contributed by atoms with E-state index in [1.165, 1.54) is 12.3 Å². The number of nitrogens with one attached hydrogen (secondary N) is 2. The van der Waals surface area contributed by atoms with Gasteiger partial charge in [-0.15, -0.1) is 0 Å². The number of hydrogen-bond acceptors (Lipinski definition) is 4. The number of benzene rings is 2. The van der Waals surface area contributed by atoms with Crippen molar-refractivity contribution in [3.05, 3.63) is 65.5 Å². The quantitative estimate of drug-likeness (QED) is 0.446. The Labute approximate surface area is 157 Å². The summed E-state index contributed by atoms with van der Waals surface area (Å²) in [6.45, 7) is 3.84. The number of halogens is 1. The Morgan fingerprint density at radius 1 is 1.15 bits per heavy atom. The van der Waals surface area contributed by atoms with Crippen LogP contribution in [0.1, 0.15) is 31.4 Å². The van der Waals surface area contributed by atoms with E-state index < -0.39 is 11.8 Å². The van der Waals surface area contributed by atoms with Gasteiger partial charge in [-0.25, -0.2) is 9.82 Å². The fraction of sp³-hybridized carbons (Fsp3) is 0.250. The minimum atomic E-state index is -0.823. The molecule has 0 aliphatic carbocycles. The highest BCUT2D eigenvalue weighted by Gasteiger charge is 2.14. The van der Waals surface area contributed by atoms with Crippen molar-refractivity contribution < 1.29 is 18.7 Å². The van der Waals surface area contributed by atoms with Crippen LogP contribution in [0.15, 0.2) is 53.6 Å². The molecule has 0 aliphatic rings. The average molecular weight is 371 g/mol. The van der Waals surface area contributed by atoms with E-state index in [4.69, 9.17) is 4.74 Å². The molecule has 7 heteroatoms. The third-order valence-electron chi connectivity index (χ3n) is 3.81. The van der Waals surface area contributed by atoms with Crippen LogP contribution in [0.4, 0.5) is 4.39 Å². The van der Waals surface area contributed by atoms with Gasteiger partial charge in [0.2, 0.25) is 0 Å². The number of amides is 2. The van der Waals surface area contributed by atoms with Gasteiger partial charge in [-0.3, -0.25) is 9.59 Å². The minimum Gasteiger partial charge on any atom is -0.489 e. The largest absolute Gasteiger partial charge is 0.489 e. The first-order valence-corrected chi connectivity index (χ1v) is 8.59. The lowest BCUT2D eigenvalue weighted by Crippen LogP contribution is -2.41. The molecule has 0 saturated carbocycles. The second kappa shape index (κ2) is 10.1. The summed E-state index contributed by atoms with van der Waals surface area (Å²) in [6, 6.07) is 13.2. The van der Waals surface area contributed by atoms with E-state index in [2.05, 4.69) is 15.8 Å². The maximum atomic E-state index is 13.5. The summed E-state index contributed by atoms with van der Waals surface area (Å²) in [5, 5.41) is 6.30. The molecule has 27 heavy (non-hydrogen) atoms. The van der Waals surface area contributed by atoms with E-state index >= 15 is 0 Å². The molecule has 0 spiro atoms. The van der Waals surface area contributed by atoms with Gasteiger partial charge in [0.1, 0.15) is 18.2 Å². The van der Waals surface area contributed by atoms with Crippen molar-refractivity contribution in [3.8, 4) is 5.75 Å². The van der Waals surface area contributed by atoms with Crippen LogP contribution in [-0.2, 0) is 16.2 Å². The van der Waals surface area contributed by atoms with E-state index in [-0.39, 0.29) is 18.5 Å². The van der Waals surface area contributed by atoms with Gasteiger partial charge in [-0.2, -0.15) is 5.10 Å². The van der Waals surface area contributed by atoms with Crippen LogP contribution in [0, 0.1) is 5.82 Å². The second-order valence-corrected chi connectivity index (χ2v) is 5.93. The zero-order valence-electron chi connectivity index (χ0n) is 15.2. The summed E-state index contributed by atoms with van der Waals surface area (Å²) in [5.41, 5.74) is 3.35. The van der Waals surface area contributed by atoms with Gasteiger partial charge in [0.05, 0.1) is 6.21 Å². The molecule has 0 heterocycles. The van der Waals surface area contributed by atoms with Gasteiger partial charge in [0.25, 0.3) is 0 Å². The van der Waals surface area contributed by atoms with E-state index in [0.717, 1.165) is 6.42 Å². The number of carbonyl (C=O) groups is 2. The Hall–Kier alpha value is -3.22. The van der Waals surface area contributed by atoms with Gasteiger partial charge in [-0.1, -0.05) is 25.1 Å². The normalized spacial score (nSPS) is 11.8. The first kappa shape index (κ1) is 20.1. The maximum Gasteiger partial charge on any atom is 0.329 e. The topological polar surface area (TPSA) is 79.8 Å². The Bertz CT molecular complexity index is 806. The number of carbonyl (C=O) groups excluding carboxylic acids is 2. The summed E-state index contributed by atoms with van der Waals surface area (Å²) in [7, 11) is 0. The Kier molecular flexibility index (Phi) is 7.49.